The van der Waals surface area contributed by atoms with Crippen molar-refractivity contribution in [2.24, 2.45) is 0 Å². The maximum Gasteiger partial charge on any atom is 0.0114 e. The van der Waals surface area contributed by atoms with Crippen molar-refractivity contribution < 1.29 is 4.79 Å². The number of Topliss-reactive ketones (excluding diaryl/α,β-unsaturated/α-hetero) is 1. The summed E-state index contributed by atoms with van der Waals surface area (Å²) in [7, 11) is 0. The van der Waals surface area contributed by atoms with Gasteiger partial charge < -0.3 is 4.79 Å². The van der Waals surface area contributed by atoms with E-state index >= 15 is 0 Å². The Kier molecular flexibility index (Phi) is 1.54. The fraction of sp³-hybridized carbons (Fsp3) is 0. The molecule has 45 valence electrons. The Morgan fingerprint density at radius 3 is 2.11 bits per heavy atom. The number of hydrogen-bond acceptors (Lipinski definition) is 1. The number of hydrogen-bond donors (Lipinski definition) is 0. The monoisotopic (exact) mass is 118 g/mol. The molecule has 1 rings (SSSR count). The van der Waals surface area contributed by atoms with Crippen molar-refractivity contribution in [3.8, 4) is 0 Å². The molecular formula is C8H6O-. The van der Waals surface area contributed by atoms with Crippen LogP contribution in [0.3, 0.4) is 0 Å². The van der Waals surface area contributed by atoms with Gasteiger partial charge in [0.05, 0.1) is 0 Å². The molecule has 1 aromatic carbocycles. The van der Waals surface area contributed by atoms with Crippen LogP contribution in [0.2, 0.25) is 0 Å². The maximum absolute atomic E-state index is 10.4. The predicted octanol–water partition coefficient (Wildman–Crippen LogP) is 1.58. The van der Waals surface area contributed by atoms with Crippen LogP contribution in [0.1, 0.15) is 10.4 Å². The van der Waals surface area contributed by atoms with Crippen LogP contribution in [0.4, 0.5) is 0 Å². The highest BCUT2D eigenvalue weighted by Crippen LogP contribution is 1.97. The molecule has 1 radical (unpaired) electrons. The molecule has 0 spiro atoms. The van der Waals surface area contributed by atoms with E-state index in [9.17, 15) is 4.79 Å². The first kappa shape index (κ1) is 5.89. The second-order valence-electron chi connectivity index (χ2n) is 1.73. The van der Waals surface area contributed by atoms with Crippen LogP contribution < -0.4 is 0 Å². The summed E-state index contributed by atoms with van der Waals surface area (Å²) < 4.78 is 0. The summed E-state index contributed by atoms with van der Waals surface area (Å²) in [5.74, 6) is -0.379. The highest BCUT2D eigenvalue weighted by Gasteiger charge is 1.80. The molecule has 0 N–H and O–H groups in total. The third kappa shape index (κ3) is 1.32. The molecule has 0 saturated carbocycles. The Hall–Kier alpha value is -1.24. The van der Waals surface area contributed by atoms with E-state index in [1.807, 2.05) is 6.07 Å². The first-order valence-corrected chi connectivity index (χ1v) is 2.65. The molecule has 0 amide bonds. The molecule has 1 nitrogen and oxygen atoms in total. The average Bonchev–Trinajstić information content (AvgIpc) is 1.90. The molecule has 0 aliphatic rings. The van der Waals surface area contributed by atoms with Gasteiger partial charge >= 0.3 is 0 Å². The average molecular weight is 118 g/mol. The molecular weight excluding hydrogens is 112 g/mol. The minimum atomic E-state index is -0.379. The standard InChI is InChI=1S/C8H6O/c1-7(9)8-5-3-2-4-6-8/h1-6H/q-1. The van der Waals surface area contributed by atoms with Gasteiger partial charge in [-0.15, -0.1) is 17.7 Å². The zero-order chi connectivity index (χ0) is 6.69. The van der Waals surface area contributed by atoms with E-state index in [-0.39, 0.29) is 5.78 Å². The summed E-state index contributed by atoms with van der Waals surface area (Å²) in [6.45, 7) is 4.97. The second-order valence-corrected chi connectivity index (χ2v) is 1.73. The van der Waals surface area contributed by atoms with Crippen molar-refractivity contribution in [1.29, 1.82) is 0 Å². The molecule has 0 aliphatic carbocycles. The molecule has 0 saturated heterocycles. The van der Waals surface area contributed by atoms with Crippen molar-refractivity contribution >= 4 is 5.78 Å². The van der Waals surface area contributed by atoms with Crippen LogP contribution in [-0.2, 0) is 0 Å². The summed E-state index contributed by atoms with van der Waals surface area (Å²) in [6, 6.07) is 8.76. The SMILES string of the molecule is [CH-]C(=O)c1ccccc1. The van der Waals surface area contributed by atoms with E-state index < -0.39 is 0 Å². The Morgan fingerprint density at radius 1 is 1.22 bits per heavy atom. The van der Waals surface area contributed by atoms with Gasteiger partial charge in [-0.2, -0.15) is 0 Å². The van der Waals surface area contributed by atoms with Crippen LogP contribution in [-0.4, -0.2) is 5.78 Å². The smallest absolute Gasteiger partial charge is 0.0114 e. The normalized spacial score (nSPS) is 8.89. The van der Waals surface area contributed by atoms with Crippen molar-refractivity contribution in [1.82, 2.24) is 0 Å². The summed E-state index contributed by atoms with van der Waals surface area (Å²) >= 11 is 0. The summed E-state index contributed by atoms with van der Waals surface area (Å²) in [5, 5.41) is 0. The molecule has 0 heterocycles. The minimum Gasteiger partial charge on any atom is -0.333 e. The van der Waals surface area contributed by atoms with E-state index in [1.54, 1.807) is 24.3 Å². The molecule has 1 aromatic rings. The third-order valence-corrected chi connectivity index (χ3v) is 1.06. The van der Waals surface area contributed by atoms with Crippen molar-refractivity contribution in [3.05, 3.63) is 42.8 Å². The van der Waals surface area contributed by atoms with Gasteiger partial charge in [0.25, 0.3) is 0 Å². The van der Waals surface area contributed by atoms with Gasteiger partial charge in [0.2, 0.25) is 0 Å². The molecule has 0 fully saturated rings. The number of carbonyl (C=O) groups excluding carboxylic acids is 1. The Balaban J connectivity index is 2.98. The molecule has 0 atom stereocenters. The van der Waals surface area contributed by atoms with Gasteiger partial charge in [-0.25, -0.2) is 6.92 Å². The maximum atomic E-state index is 10.4. The zero-order valence-electron chi connectivity index (χ0n) is 4.87. The van der Waals surface area contributed by atoms with Crippen LogP contribution in [0.15, 0.2) is 30.3 Å². The lowest BCUT2D eigenvalue weighted by Crippen LogP contribution is -1.89. The third-order valence-electron chi connectivity index (χ3n) is 1.06. The molecule has 1 heteroatoms. The first-order valence-electron chi connectivity index (χ1n) is 2.65. The predicted molar refractivity (Wildman–Crippen MR) is 35.1 cm³/mol. The van der Waals surface area contributed by atoms with Gasteiger partial charge in [-0.1, -0.05) is 18.2 Å². The second kappa shape index (κ2) is 2.35. The van der Waals surface area contributed by atoms with Crippen LogP contribution in [0, 0.1) is 6.92 Å². The van der Waals surface area contributed by atoms with Gasteiger partial charge in [0, 0.05) is 5.78 Å². The first-order chi connectivity index (χ1) is 4.30. The fourth-order valence-electron chi connectivity index (χ4n) is 0.602. The lowest BCUT2D eigenvalue weighted by Gasteiger charge is -2.00. The van der Waals surface area contributed by atoms with Crippen LogP contribution in [0.5, 0.6) is 0 Å². The Labute approximate surface area is 54.3 Å². The minimum absolute atomic E-state index is 0.379. The highest BCUT2D eigenvalue weighted by atomic mass is 16.1. The molecule has 0 unspecified atom stereocenters. The lowest BCUT2D eigenvalue weighted by molar-refractivity contribution is 0.104. The summed E-state index contributed by atoms with van der Waals surface area (Å²) in [6.07, 6.45) is 0. The number of benzene rings is 1. The van der Waals surface area contributed by atoms with E-state index in [2.05, 4.69) is 0 Å². The molecule has 0 aromatic heterocycles. The highest BCUT2D eigenvalue weighted by molar-refractivity contribution is 5.99. The van der Waals surface area contributed by atoms with Crippen molar-refractivity contribution in [2.75, 3.05) is 0 Å². The van der Waals surface area contributed by atoms with E-state index in [1.165, 1.54) is 0 Å². The van der Waals surface area contributed by atoms with E-state index in [4.69, 9.17) is 6.92 Å². The van der Waals surface area contributed by atoms with Crippen molar-refractivity contribution in [2.45, 2.75) is 0 Å². The molecule has 0 aliphatic heterocycles. The largest absolute Gasteiger partial charge is 0.333 e. The van der Waals surface area contributed by atoms with Crippen LogP contribution >= 0.6 is 0 Å². The zero-order valence-corrected chi connectivity index (χ0v) is 4.87. The van der Waals surface area contributed by atoms with Gasteiger partial charge in [-0.3, -0.25) is 0 Å². The molecule has 9 heavy (non-hydrogen) atoms. The number of carbonyl (C=O) groups is 1. The number of rotatable bonds is 1. The quantitative estimate of drug-likeness (QED) is 0.404. The van der Waals surface area contributed by atoms with Gasteiger partial charge in [0.1, 0.15) is 0 Å². The topological polar surface area (TPSA) is 17.1 Å². The lowest BCUT2D eigenvalue weighted by atomic mass is 10.2. The van der Waals surface area contributed by atoms with Crippen molar-refractivity contribution in [3.63, 3.8) is 0 Å². The fourth-order valence-corrected chi connectivity index (χ4v) is 0.602. The van der Waals surface area contributed by atoms with Gasteiger partial charge in [0.15, 0.2) is 0 Å². The van der Waals surface area contributed by atoms with Gasteiger partial charge in [-0.05, 0) is 0 Å². The van der Waals surface area contributed by atoms with E-state index in [0.29, 0.717) is 5.56 Å². The Bertz CT molecular complexity index is 201. The van der Waals surface area contributed by atoms with Crippen LogP contribution in [0.25, 0.3) is 0 Å². The number of ketones is 1. The Morgan fingerprint density at radius 2 is 1.78 bits per heavy atom. The summed E-state index contributed by atoms with van der Waals surface area (Å²) in [5.41, 5.74) is 0.553. The molecule has 0 bridgehead atoms. The summed E-state index contributed by atoms with van der Waals surface area (Å²) in [4.78, 5) is 10.4. The van der Waals surface area contributed by atoms with E-state index in [0.717, 1.165) is 0 Å².